The number of hydrogen-bond acceptors (Lipinski definition) is 6. The number of anilines is 2. The predicted octanol–water partition coefficient (Wildman–Crippen LogP) is 3.00. The Labute approximate surface area is 126 Å². The first-order chi connectivity index (χ1) is 9.80. The van der Waals surface area contributed by atoms with Crippen molar-refractivity contribution in [3.8, 4) is 0 Å². The van der Waals surface area contributed by atoms with Crippen LogP contribution in [0.4, 0.5) is 11.6 Å². The summed E-state index contributed by atoms with van der Waals surface area (Å²) in [6.07, 6.45) is 5.59. The summed E-state index contributed by atoms with van der Waals surface area (Å²) in [6.45, 7) is 4.42. The normalized spacial score (nSPS) is 10.6. The molecule has 0 radical (unpaired) electrons. The zero-order chi connectivity index (χ0) is 14.6. The summed E-state index contributed by atoms with van der Waals surface area (Å²) in [5.41, 5.74) is 0. The molecule has 1 rings (SSSR count). The molecule has 1 heterocycles. The molecule has 6 heteroatoms. The van der Waals surface area contributed by atoms with Gasteiger partial charge in [-0.2, -0.15) is 11.8 Å². The van der Waals surface area contributed by atoms with Gasteiger partial charge in [0.15, 0.2) is 5.82 Å². The fourth-order valence-corrected chi connectivity index (χ4v) is 2.21. The minimum Gasteiger partial charge on any atom is -0.377 e. The van der Waals surface area contributed by atoms with E-state index in [1.807, 2.05) is 17.8 Å². The van der Waals surface area contributed by atoms with Crippen molar-refractivity contribution >= 4 is 23.4 Å². The summed E-state index contributed by atoms with van der Waals surface area (Å²) in [5, 5.41) is 6.66. The molecule has 5 nitrogen and oxygen atoms in total. The van der Waals surface area contributed by atoms with Crippen LogP contribution in [0.2, 0.25) is 0 Å². The van der Waals surface area contributed by atoms with Crippen molar-refractivity contribution in [2.45, 2.75) is 32.8 Å². The summed E-state index contributed by atoms with van der Waals surface area (Å²) in [7, 11) is 1.66. The molecule has 1 aromatic heterocycles. The number of ether oxygens (including phenoxy) is 1. The number of nitrogens with one attached hydrogen (secondary N) is 2. The zero-order valence-electron chi connectivity index (χ0n) is 12.7. The van der Waals surface area contributed by atoms with E-state index in [1.165, 1.54) is 12.2 Å². The van der Waals surface area contributed by atoms with Gasteiger partial charge in [0.2, 0.25) is 0 Å². The minimum absolute atomic E-state index is 0.433. The maximum absolute atomic E-state index is 5.12. The van der Waals surface area contributed by atoms with E-state index in [0.717, 1.165) is 37.6 Å². The quantitative estimate of drug-likeness (QED) is 0.612. The lowest BCUT2D eigenvalue weighted by Gasteiger charge is -2.10. The van der Waals surface area contributed by atoms with Gasteiger partial charge in [-0.1, -0.05) is 6.92 Å². The average molecular weight is 298 g/mol. The van der Waals surface area contributed by atoms with E-state index in [2.05, 4.69) is 33.8 Å². The second-order valence-corrected chi connectivity index (χ2v) is 5.53. The predicted molar refractivity (Wildman–Crippen MR) is 87.6 cm³/mol. The molecule has 0 amide bonds. The fourth-order valence-electron chi connectivity index (χ4n) is 1.71. The van der Waals surface area contributed by atoms with Crippen LogP contribution >= 0.6 is 11.8 Å². The molecule has 0 aliphatic rings. The highest BCUT2D eigenvalue weighted by molar-refractivity contribution is 7.98. The van der Waals surface area contributed by atoms with Crippen LogP contribution in [0.3, 0.4) is 0 Å². The monoisotopic (exact) mass is 298 g/mol. The Morgan fingerprint density at radius 2 is 1.85 bits per heavy atom. The molecule has 114 valence electrons. The van der Waals surface area contributed by atoms with Crippen molar-refractivity contribution in [2.75, 3.05) is 42.8 Å². The molecule has 0 aromatic carbocycles. The van der Waals surface area contributed by atoms with E-state index in [-0.39, 0.29) is 0 Å². The Bertz CT molecular complexity index is 376. The molecular formula is C14H26N4OS. The first kappa shape index (κ1) is 17.0. The van der Waals surface area contributed by atoms with Gasteiger partial charge in [0.05, 0.1) is 0 Å². The molecule has 0 aliphatic carbocycles. The molecule has 0 atom stereocenters. The highest BCUT2D eigenvalue weighted by atomic mass is 32.2. The lowest BCUT2D eigenvalue weighted by atomic mass is 10.3. The summed E-state index contributed by atoms with van der Waals surface area (Å²) < 4.78 is 5.12. The standard InChI is InChI=1S/C14H26N4OS/c1-4-7-15-12-10-13(16-8-5-6-9-20-3)18-14(17-12)11-19-2/h10H,4-9,11H2,1-3H3,(H2,15,16,17,18). The summed E-state index contributed by atoms with van der Waals surface area (Å²) in [4.78, 5) is 8.88. The topological polar surface area (TPSA) is 59.1 Å². The Morgan fingerprint density at radius 1 is 1.15 bits per heavy atom. The summed E-state index contributed by atoms with van der Waals surface area (Å²) >= 11 is 1.89. The van der Waals surface area contributed by atoms with Gasteiger partial charge in [0.1, 0.15) is 18.2 Å². The zero-order valence-corrected chi connectivity index (χ0v) is 13.6. The maximum atomic E-state index is 5.12. The van der Waals surface area contributed by atoms with Gasteiger partial charge in [-0.3, -0.25) is 0 Å². The lowest BCUT2D eigenvalue weighted by Crippen LogP contribution is -2.10. The second kappa shape index (κ2) is 10.7. The highest BCUT2D eigenvalue weighted by Crippen LogP contribution is 2.12. The molecule has 0 bridgehead atoms. The number of methoxy groups -OCH3 is 1. The largest absolute Gasteiger partial charge is 0.377 e. The third kappa shape index (κ3) is 6.96. The van der Waals surface area contributed by atoms with E-state index in [0.29, 0.717) is 12.4 Å². The Balaban J connectivity index is 2.55. The number of hydrogen-bond donors (Lipinski definition) is 2. The van der Waals surface area contributed by atoms with Crippen LogP contribution in [0.1, 0.15) is 32.0 Å². The van der Waals surface area contributed by atoms with Crippen molar-refractivity contribution in [1.82, 2.24) is 9.97 Å². The Morgan fingerprint density at radius 3 is 2.45 bits per heavy atom. The van der Waals surface area contributed by atoms with Crippen molar-refractivity contribution in [3.05, 3.63) is 11.9 Å². The molecule has 0 unspecified atom stereocenters. The molecular weight excluding hydrogens is 272 g/mol. The minimum atomic E-state index is 0.433. The second-order valence-electron chi connectivity index (χ2n) is 4.54. The molecule has 20 heavy (non-hydrogen) atoms. The number of rotatable bonds is 11. The molecule has 0 spiro atoms. The number of thioether (sulfide) groups is 1. The number of nitrogens with zero attached hydrogens (tertiary/aromatic N) is 2. The molecule has 0 aliphatic heterocycles. The molecule has 0 saturated carbocycles. The maximum Gasteiger partial charge on any atom is 0.158 e. The van der Waals surface area contributed by atoms with Gasteiger partial charge < -0.3 is 15.4 Å². The van der Waals surface area contributed by atoms with E-state index in [4.69, 9.17) is 4.74 Å². The van der Waals surface area contributed by atoms with Crippen LogP contribution in [-0.4, -0.2) is 42.2 Å². The van der Waals surface area contributed by atoms with E-state index in [9.17, 15) is 0 Å². The smallest absolute Gasteiger partial charge is 0.158 e. The van der Waals surface area contributed by atoms with Crippen molar-refractivity contribution < 1.29 is 4.74 Å². The molecule has 0 fully saturated rings. The third-order valence-corrected chi connectivity index (χ3v) is 3.38. The lowest BCUT2D eigenvalue weighted by molar-refractivity contribution is 0.178. The van der Waals surface area contributed by atoms with Crippen molar-refractivity contribution in [3.63, 3.8) is 0 Å². The summed E-state index contributed by atoms with van der Waals surface area (Å²) in [6, 6.07) is 1.96. The summed E-state index contributed by atoms with van der Waals surface area (Å²) in [5.74, 6) is 3.65. The van der Waals surface area contributed by atoms with E-state index < -0.39 is 0 Å². The molecule has 2 N–H and O–H groups in total. The van der Waals surface area contributed by atoms with Gasteiger partial charge in [0.25, 0.3) is 0 Å². The SMILES string of the molecule is CCCNc1cc(NCCCCSC)nc(COC)n1. The number of aromatic nitrogens is 2. The first-order valence-corrected chi connectivity index (χ1v) is 8.53. The van der Waals surface area contributed by atoms with Crippen LogP contribution in [0, 0.1) is 0 Å². The fraction of sp³-hybridized carbons (Fsp3) is 0.714. The van der Waals surface area contributed by atoms with Gasteiger partial charge in [0, 0.05) is 26.3 Å². The van der Waals surface area contributed by atoms with Crippen LogP contribution in [-0.2, 0) is 11.3 Å². The van der Waals surface area contributed by atoms with Gasteiger partial charge in [-0.25, -0.2) is 9.97 Å². The van der Waals surface area contributed by atoms with Crippen LogP contribution in [0.25, 0.3) is 0 Å². The van der Waals surface area contributed by atoms with Crippen LogP contribution in [0.5, 0.6) is 0 Å². The molecule has 0 saturated heterocycles. The van der Waals surface area contributed by atoms with Crippen molar-refractivity contribution in [2.24, 2.45) is 0 Å². The third-order valence-electron chi connectivity index (χ3n) is 2.68. The van der Waals surface area contributed by atoms with Gasteiger partial charge in [-0.15, -0.1) is 0 Å². The van der Waals surface area contributed by atoms with Crippen LogP contribution in [0.15, 0.2) is 6.07 Å². The first-order valence-electron chi connectivity index (χ1n) is 7.13. The average Bonchev–Trinajstić information content (AvgIpc) is 2.45. The Hall–Kier alpha value is -1.01. The van der Waals surface area contributed by atoms with Gasteiger partial charge in [-0.05, 0) is 31.3 Å². The Kier molecular flexibility index (Phi) is 9.15. The molecule has 1 aromatic rings. The highest BCUT2D eigenvalue weighted by Gasteiger charge is 2.04. The van der Waals surface area contributed by atoms with Crippen LogP contribution < -0.4 is 10.6 Å². The van der Waals surface area contributed by atoms with Crippen molar-refractivity contribution in [1.29, 1.82) is 0 Å². The van der Waals surface area contributed by atoms with E-state index >= 15 is 0 Å². The number of unbranched alkanes of at least 4 members (excludes halogenated alkanes) is 1. The van der Waals surface area contributed by atoms with E-state index in [1.54, 1.807) is 7.11 Å². The van der Waals surface area contributed by atoms with Gasteiger partial charge >= 0.3 is 0 Å².